The van der Waals surface area contributed by atoms with E-state index in [-0.39, 0.29) is 0 Å². The maximum atomic E-state index is 13.4. The predicted octanol–water partition coefficient (Wildman–Crippen LogP) is 2.28. The highest BCUT2D eigenvalue weighted by atomic mass is 19.2. The summed E-state index contributed by atoms with van der Waals surface area (Å²) in [5.74, 6) is -2.32. The zero-order valence-corrected chi connectivity index (χ0v) is 10.0. The second kappa shape index (κ2) is 6.85. The van der Waals surface area contributed by atoms with Crippen molar-refractivity contribution in [2.45, 2.75) is 13.3 Å². The number of nitro benzene ring substituents is 1. The first-order valence-corrected chi connectivity index (χ1v) is 5.65. The lowest BCUT2D eigenvalue weighted by atomic mass is 10.2. The van der Waals surface area contributed by atoms with Crippen LogP contribution in [0.25, 0.3) is 0 Å². The zero-order valence-electron chi connectivity index (χ0n) is 10.0. The van der Waals surface area contributed by atoms with E-state index in [1.165, 1.54) is 0 Å². The number of benzene rings is 1. The molecule has 0 heterocycles. The van der Waals surface area contributed by atoms with Crippen LogP contribution in [0.15, 0.2) is 12.1 Å². The van der Waals surface area contributed by atoms with Crippen LogP contribution in [0.5, 0.6) is 0 Å². The Hall–Kier alpha value is -1.76. The first-order chi connectivity index (χ1) is 8.57. The van der Waals surface area contributed by atoms with E-state index in [1.54, 1.807) is 0 Å². The van der Waals surface area contributed by atoms with Crippen molar-refractivity contribution in [3.8, 4) is 0 Å². The van der Waals surface area contributed by atoms with E-state index in [0.717, 1.165) is 18.7 Å². The van der Waals surface area contributed by atoms with E-state index in [0.29, 0.717) is 19.5 Å². The predicted molar refractivity (Wildman–Crippen MR) is 64.7 cm³/mol. The van der Waals surface area contributed by atoms with Crippen LogP contribution in [-0.4, -0.2) is 24.6 Å². The molecule has 0 bridgehead atoms. The zero-order chi connectivity index (χ0) is 13.5. The molecular weight excluding hydrogens is 244 g/mol. The highest BCUT2D eigenvalue weighted by Crippen LogP contribution is 2.28. The molecule has 5 nitrogen and oxygen atoms in total. The average molecular weight is 259 g/mol. The van der Waals surface area contributed by atoms with Gasteiger partial charge in [0.05, 0.1) is 4.92 Å². The normalized spacial score (nSPS) is 10.4. The van der Waals surface area contributed by atoms with Gasteiger partial charge in [-0.05, 0) is 25.6 Å². The van der Waals surface area contributed by atoms with Gasteiger partial charge in [0, 0.05) is 12.6 Å². The Morgan fingerprint density at radius 2 is 2.06 bits per heavy atom. The Kier molecular flexibility index (Phi) is 5.44. The van der Waals surface area contributed by atoms with Gasteiger partial charge in [0.1, 0.15) is 0 Å². The Balaban J connectivity index is 2.73. The number of nitrogens with one attached hydrogen (secondary N) is 2. The fraction of sp³-hybridized carbons (Fsp3) is 0.455. The van der Waals surface area contributed by atoms with Crippen LogP contribution in [-0.2, 0) is 0 Å². The number of nitro groups is 1. The molecule has 0 amide bonds. The first kappa shape index (κ1) is 14.3. The molecule has 0 unspecified atom stereocenters. The van der Waals surface area contributed by atoms with E-state index in [9.17, 15) is 18.9 Å². The largest absolute Gasteiger partial charge is 0.377 e. The van der Waals surface area contributed by atoms with Crippen LogP contribution in [0, 0.1) is 21.7 Å². The summed E-state index contributed by atoms with van der Waals surface area (Å²) in [6.45, 7) is 3.79. The molecule has 1 aromatic rings. The Labute approximate surface area is 103 Å². The molecule has 0 saturated heterocycles. The van der Waals surface area contributed by atoms with Crippen LogP contribution in [0.3, 0.4) is 0 Å². The van der Waals surface area contributed by atoms with Crippen molar-refractivity contribution in [3.05, 3.63) is 33.9 Å². The van der Waals surface area contributed by atoms with Crippen molar-refractivity contribution in [2.75, 3.05) is 25.0 Å². The maximum absolute atomic E-state index is 13.4. The third-order valence-electron chi connectivity index (χ3n) is 2.35. The molecule has 0 aromatic heterocycles. The summed E-state index contributed by atoms with van der Waals surface area (Å²) in [5.41, 5.74) is -0.853. The van der Waals surface area contributed by atoms with Crippen LogP contribution >= 0.6 is 0 Å². The van der Waals surface area contributed by atoms with Gasteiger partial charge in [-0.25, -0.2) is 8.78 Å². The molecule has 2 N–H and O–H groups in total. The minimum absolute atomic E-state index is 0.328. The highest BCUT2D eigenvalue weighted by Gasteiger charge is 2.20. The number of halogens is 2. The van der Waals surface area contributed by atoms with Crippen molar-refractivity contribution in [1.29, 1.82) is 0 Å². The average Bonchev–Trinajstić information content (AvgIpc) is 2.33. The summed E-state index contributed by atoms with van der Waals surface area (Å²) in [6.07, 6.45) is 0.654. The third-order valence-corrected chi connectivity index (χ3v) is 2.35. The van der Waals surface area contributed by atoms with E-state index in [2.05, 4.69) is 10.6 Å². The number of anilines is 1. The molecule has 18 heavy (non-hydrogen) atoms. The molecule has 0 radical (unpaired) electrons. The van der Waals surface area contributed by atoms with Crippen LogP contribution < -0.4 is 10.6 Å². The summed E-state index contributed by atoms with van der Waals surface area (Å²) >= 11 is 0. The summed E-state index contributed by atoms with van der Waals surface area (Å²) in [5, 5.41) is 16.3. The standard InChI is InChI=1S/C11H15F2N3O2/c1-2-14-6-3-7-15-11-9(16(17)18)5-4-8(12)10(11)13/h4-5,14-15H,2-3,6-7H2,1H3. The number of hydrogen-bond donors (Lipinski definition) is 2. The van der Waals surface area contributed by atoms with E-state index < -0.39 is 27.9 Å². The molecule has 0 aliphatic rings. The van der Waals surface area contributed by atoms with E-state index in [4.69, 9.17) is 0 Å². The van der Waals surface area contributed by atoms with Gasteiger partial charge >= 0.3 is 0 Å². The van der Waals surface area contributed by atoms with Gasteiger partial charge in [-0.1, -0.05) is 6.92 Å². The topological polar surface area (TPSA) is 67.2 Å². The molecule has 0 aliphatic heterocycles. The molecular formula is C11H15F2N3O2. The van der Waals surface area contributed by atoms with Gasteiger partial charge in [0.2, 0.25) is 0 Å². The molecule has 1 aromatic carbocycles. The fourth-order valence-electron chi connectivity index (χ4n) is 1.46. The van der Waals surface area contributed by atoms with E-state index >= 15 is 0 Å². The smallest absolute Gasteiger partial charge is 0.295 e. The fourth-order valence-corrected chi connectivity index (χ4v) is 1.46. The van der Waals surface area contributed by atoms with Crippen molar-refractivity contribution in [1.82, 2.24) is 5.32 Å². The lowest BCUT2D eigenvalue weighted by molar-refractivity contribution is -0.384. The lowest BCUT2D eigenvalue weighted by Crippen LogP contribution is -2.18. The van der Waals surface area contributed by atoms with Gasteiger partial charge < -0.3 is 10.6 Å². The van der Waals surface area contributed by atoms with Crippen LogP contribution in [0.1, 0.15) is 13.3 Å². The van der Waals surface area contributed by atoms with Crippen molar-refractivity contribution >= 4 is 11.4 Å². The molecule has 0 fully saturated rings. The minimum atomic E-state index is -1.22. The molecule has 0 spiro atoms. The number of nitrogens with zero attached hydrogens (tertiary/aromatic N) is 1. The number of hydrogen-bond acceptors (Lipinski definition) is 4. The van der Waals surface area contributed by atoms with Gasteiger partial charge in [-0.15, -0.1) is 0 Å². The van der Waals surface area contributed by atoms with Crippen molar-refractivity contribution in [3.63, 3.8) is 0 Å². The van der Waals surface area contributed by atoms with Crippen LogP contribution in [0.4, 0.5) is 20.2 Å². The van der Waals surface area contributed by atoms with Gasteiger partial charge in [0.25, 0.3) is 5.69 Å². The molecule has 100 valence electrons. The third kappa shape index (κ3) is 3.63. The summed E-state index contributed by atoms with van der Waals surface area (Å²) in [4.78, 5) is 9.94. The highest BCUT2D eigenvalue weighted by molar-refractivity contribution is 5.62. The van der Waals surface area contributed by atoms with E-state index in [1.807, 2.05) is 6.92 Å². The second-order valence-electron chi connectivity index (χ2n) is 3.65. The SMILES string of the molecule is CCNCCCNc1c([N+](=O)[O-])ccc(F)c1F. The Morgan fingerprint density at radius 1 is 1.33 bits per heavy atom. The quantitative estimate of drug-likeness (QED) is 0.448. The monoisotopic (exact) mass is 259 g/mol. The van der Waals surface area contributed by atoms with Gasteiger partial charge in [-0.2, -0.15) is 0 Å². The van der Waals surface area contributed by atoms with Crippen molar-refractivity contribution in [2.24, 2.45) is 0 Å². The maximum Gasteiger partial charge on any atom is 0.295 e. The second-order valence-corrected chi connectivity index (χ2v) is 3.65. The summed E-state index contributed by atoms with van der Waals surface area (Å²) in [6, 6.07) is 1.70. The van der Waals surface area contributed by atoms with Gasteiger partial charge in [0.15, 0.2) is 17.3 Å². The van der Waals surface area contributed by atoms with Crippen LogP contribution in [0.2, 0.25) is 0 Å². The molecule has 0 atom stereocenters. The molecule has 0 aliphatic carbocycles. The lowest BCUT2D eigenvalue weighted by Gasteiger charge is -2.08. The van der Waals surface area contributed by atoms with Gasteiger partial charge in [-0.3, -0.25) is 10.1 Å². The molecule has 0 saturated carbocycles. The Morgan fingerprint density at radius 3 is 2.67 bits per heavy atom. The van der Waals surface area contributed by atoms with Crippen molar-refractivity contribution < 1.29 is 13.7 Å². The first-order valence-electron chi connectivity index (χ1n) is 5.65. The number of rotatable bonds is 7. The molecule has 1 rings (SSSR count). The Bertz CT molecular complexity index is 427. The summed E-state index contributed by atoms with van der Waals surface area (Å²) in [7, 11) is 0. The summed E-state index contributed by atoms with van der Waals surface area (Å²) < 4.78 is 26.4. The molecule has 7 heteroatoms. The minimum Gasteiger partial charge on any atom is -0.377 e.